The molecule has 0 radical (unpaired) electrons. The molecule has 0 atom stereocenters. The Morgan fingerprint density at radius 2 is 2.03 bits per heavy atom. The molecule has 3 aromatic rings. The van der Waals surface area contributed by atoms with Gasteiger partial charge in [-0.1, -0.05) is 17.7 Å². The summed E-state index contributed by atoms with van der Waals surface area (Å²) in [6.45, 7) is -1.71. The minimum Gasteiger partial charge on any atom is -0.350 e. The van der Waals surface area contributed by atoms with Crippen LogP contribution >= 0.6 is 11.6 Å². The Kier molecular flexibility index (Phi) is 5.97. The Bertz CT molecular complexity index is 1130. The van der Waals surface area contributed by atoms with E-state index in [-0.39, 0.29) is 23.0 Å². The molecule has 0 aliphatic rings. The molecule has 0 aliphatic heterocycles. The fraction of sp³-hybridized carbons (Fsp3) is 0.294. The van der Waals surface area contributed by atoms with E-state index in [2.05, 4.69) is 15.5 Å². The lowest BCUT2D eigenvalue weighted by molar-refractivity contribution is -0.142. The van der Waals surface area contributed by atoms with E-state index in [4.69, 9.17) is 11.6 Å². The normalized spacial score (nSPS) is 11.7. The Morgan fingerprint density at radius 1 is 1.30 bits per heavy atom. The van der Waals surface area contributed by atoms with E-state index in [1.54, 1.807) is 0 Å². The molecule has 2 aromatic heterocycles. The number of aromatic nitrogens is 5. The maximum Gasteiger partial charge on any atom is 0.408 e. The van der Waals surface area contributed by atoms with Gasteiger partial charge in [0.05, 0.1) is 16.8 Å². The summed E-state index contributed by atoms with van der Waals surface area (Å²) in [5, 5.41) is 10.1. The molecular formula is C17H15ClF4N6O2. The van der Waals surface area contributed by atoms with Gasteiger partial charge in [0.1, 0.15) is 18.9 Å². The topological polar surface area (TPSA) is 86.7 Å². The Balaban J connectivity index is 1.69. The number of benzene rings is 1. The van der Waals surface area contributed by atoms with Crippen LogP contribution < -0.4 is 11.0 Å². The summed E-state index contributed by atoms with van der Waals surface area (Å²) in [7, 11) is 1.37. The first-order chi connectivity index (χ1) is 14.0. The highest BCUT2D eigenvalue weighted by Crippen LogP contribution is 2.20. The van der Waals surface area contributed by atoms with Crippen molar-refractivity contribution in [3.05, 3.63) is 57.5 Å². The highest BCUT2D eigenvalue weighted by atomic mass is 35.5. The summed E-state index contributed by atoms with van der Waals surface area (Å²) in [6, 6.07) is 4.06. The van der Waals surface area contributed by atoms with Gasteiger partial charge < -0.3 is 5.32 Å². The second-order valence-electron chi connectivity index (χ2n) is 6.39. The second-order valence-corrected chi connectivity index (χ2v) is 6.80. The van der Waals surface area contributed by atoms with Crippen molar-refractivity contribution in [2.75, 3.05) is 0 Å². The molecule has 0 saturated carbocycles. The molecule has 1 N–H and O–H groups in total. The lowest BCUT2D eigenvalue weighted by Gasteiger charge is -2.05. The molecule has 3 rings (SSSR count). The minimum atomic E-state index is -4.44. The molecule has 160 valence electrons. The van der Waals surface area contributed by atoms with Gasteiger partial charge in [0.2, 0.25) is 5.91 Å². The third-order valence-corrected chi connectivity index (χ3v) is 4.35. The number of nitrogens with one attached hydrogen (secondary N) is 1. The fourth-order valence-corrected chi connectivity index (χ4v) is 2.75. The van der Waals surface area contributed by atoms with Crippen molar-refractivity contribution in [3.8, 4) is 11.4 Å². The first-order valence-corrected chi connectivity index (χ1v) is 8.85. The third kappa shape index (κ3) is 5.06. The van der Waals surface area contributed by atoms with Gasteiger partial charge >= 0.3 is 11.9 Å². The second kappa shape index (κ2) is 8.30. The summed E-state index contributed by atoms with van der Waals surface area (Å²) >= 11 is 5.60. The van der Waals surface area contributed by atoms with E-state index >= 15 is 0 Å². The number of carbonyl (C=O) groups is 1. The van der Waals surface area contributed by atoms with Crippen LogP contribution in [-0.2, 0) is 31.5 Å². The van der Waals surface area contributed by atoms with Crippen LogP contribution in [0.1, 0.15) is 5.56 Å². The molecule has 30 heavy (non-hydrogen) atoms. The molecular weight excluding hydrogens is 432 g/mol. The molecule has 2 heterocycles. The average molecular weight is 447 g/mol. The Labute approximate surface area is 171 Å². The van der Waals surface area contributed by atoms with Crippen LogP contribution in [0.4, 0.5) is 17.6 Å². The van der Waals surface area contributed by atoms with E-state index in [0.29, 0.717) is 10.2 Å². The molecule has 1 aromatic carbocycles. The Morgan fingerprint density at radius 3 is 2.70 bits per heavy atom. The van der Waals surface area contributed by atoms with E-state index in [1.165, 1.54) is 25.2 Å². The smallest absolute Gasteiger partial charge is 0.350 e. The maximum atomic E-state index is 13.4. The largest absolute Gasteiger partial charge is 0.408 e. The van der Waals surface area contributed by atoms with Crippen molar-refractivity contribution in [2.24, 2.45) is 7.05 Å². The summed E-state index contributed by atoms with van der Waals surface area (Å²) in [5.74, 6) is -1.13. The van der Waals surface area contributed by atoms with Crippen molar-refractivity contribution >= 4 is 17.5 Å². The third-order valence-electron chi connectivity index (χ3n) is 4.04. The van der Waals surface area contributed by atoms with Gasteiger partial charge in [0.25, 0.3) is 0 Å². The molecule has 13 heteroatoms. The monoisotopic (exact) mass is 446 g/mol. The standard InChI is InChI=1S/C17H15ClF4N6O2/c1-26-15(11-6-24-27(7-11)9-17(20,21)22)25-28(16(26)30)8-14(29)23-5-10-2-3-12(18)13(19)4-10/h2-4,6-7H,5,8-9H2,1H3,(H,23,29). The summed E-state index contributed by atoms with van der Waals surface area (Å²) in [5.41, 5.74) is 0.0206. The number of halogens is 5. The van der Waals surface area contributed by atoms with Crippen LogP contribution in [0.3, 0.4) is 0 Å². The van der Waals surface area contributed by atoms with Crippen LogP contribution in [0.5, 0.6) is 0 Å². The lowest BCUT2D eigenvalue weighted by atomic mass is 10.2. The molecule has 0 spiro atoms. The van der Waals surface area contributed by atoms with Crippen molar-refractivity contribution < 1.29 is 22.4 Å². The van der Waals surface area contributed by atoms with Crippen molar-refractivity contribution in [1.29, 1.82) is 0 Å². The molecule has 1 amide bonds. The SMILES string of the molecule is Cn1c(-c2cnn(CC(F)(F)F)c2)nn(CC(=O)NCc2ccc(Cl)c(F)c2)c1=O. The van der Waals surface area contributed by atoms with Crippen molar-refractivity contribution in [1.82, 2.24) is 29.4 Å². The lowest BCUT2D eigenvalue weighted by Crippen LogP contribution is -2.33. The van der Waals surface area contributed by atoms with E-state index < -0.39 is 36.7 Å². The first kappa shape index (κ1) is 21.6. The van der Waals surface area contributed by atoms with Gasteiger partial charge in [0, 0.05) is 19.8 Å². The molecule has 0 fully saturated rings. The zero-order chi connectivity index (χ0) is 22.1. The van der Waals surface area contributed by atoms with E-state index in [0.717, 1.165) is 21.6 Å². The van der Waals surface area contributed by atoms with Gasteiger partial charge in [-0.2, -0.15) is 18.3 Å². The van der Waals surface area contributed by atoms with Crippen molar-refractivity contribution in [3.63, 3.8) is 0 Å². The fourth-order valence-electron chi connectivity index (χ4n) is 2.63. The quantitative estimate of drug-likeness (QED) is 0.588. The average Bonchev–Trinajstić information content (AvgIpc) is 3.21. The predicted octanol–water partition coefficient (Wildman–Crippen LogP) is 2.12. The number of nitrogens with zero attached hydrogens (tertiary/aromatic N) is 5. The summed E-state index contributed by atoms with van der Waals surface area (Å²) in [4.78, 5) is 24.4. The minimum absolute atomic E-state index is 0.00553. The molecule has 8 nitrogen and oxygen atoms in total. The van der Waals surface area contributed by atoms with Crippen LogP contribution in [0, 0.1) is 5.82 Å². The van der Waals surface area contributed by atoms with E-state index in [9.17, 15) is 27.2 Å². The number of rotatable bonds is 6. The maximum absolute atomic E-state index is 13.4. The van der Waals surface area contributed by atoms with Gasteiger partial charge in [0.15, 0.2) is 5.82 Å². The Hall–Kier alpha value is -3.15. The molecule has 0 bridgehead atoms. The van der Waals surface area contributed by atoms with Crippen LogP contribution in [0.2, 0.25) is 5.02 Å². The van der Waals surface area contributed by atoms with E-state index in [1.807, 2.05) is 0 Å². The summed E-state index contributed by atoms with van der Waals surface area (Å²) < 4.78 is 53.5. The zero-order valence-electron chi connectivity index (χ0n) is 15.5. The predicted molar refractivity (Wildman–Crippen MR) is 98.0 cm³/mol. The number of amides is 1. The number of alkyl halides is 3. The van der Waals surface area contributed by atoms with Gasteiger partial charge in [-0.05, 0) is 17.7 Å². The summed E-state index contributed by atoms with van der Waals surface area (Å²) in [6.07, 6.45) is -2.19. The van der Waals surface area contributed by atoms with Crippen molar-refractivity contribution in [2.45, 2.75) is 25.8 Å². The number of hydrogen-bond donors (Lipinski definition) is 1. The zero-order valence-corrected chi connectivity index (χ0v) is 16.2. The highest BCUT2D eigenvalue weighted by Gasteiger charge is 2.28. The van der Waals surface area contributed by atoms with Gasteiger partial charge in [-0.15, -0.1) is 5.10 Å². The first-order valence-electron chi connectivity index (χ1n) is 8.47. The van der Waals surface area contributed by atoms with Gasteiger partial charge in [-0.3, -0.25) is 14.0 Å². The van der Waals surface area contributed by atoms with Gasteiger partial charge in [-0.25, -0.2) is 13.9 Å². The van der Waals surface area contributed by atoms with Crippen LogP contribution in [0.25, 0.3) is 11.4 Å². The highest BCUT2D eigenvalue weighted by molar-refractivity contribution is 6.30. The molecule has 0 saturated heterocycles. The van der Waals surface area contributed by atoms with Crippen LogP contribution in [-0.4, -0.2) is 36.2 Å². The molecule has 0 aliphatic carbocycles. The number of hydrogen-bond acceptors (Lipinski definition) is 4. The molecule has 0 unspecified atom stereocenters. The van der Waals surface area contributed by atoms with Crippen LogP contribution in [0.15, 0.2) is 35.4 Å². The number of carbonyl (C=O) groups excluding carboxylic acids is 1.